The Morgan fingerprint density at radius 1 is 1.26 bits per heavy atom. The Labute approximate surface area is 113 Å². The van der Waals surface area contributed by atoms with E-state index in [0.29, 0.717) is 12.1 Å². The van der Waals surface area contributed by atoms with Crippen LogP contribution in [-0.4, -0.2) is 40.3 Å². The molecule has 19 heavy (non-hydrogen) atoms. The van der Waals surface area contributed by atoms with Crippen LogP contribution in [0.15, 0.2) is 24.3 Å². The minimum absolute atomic E-state index is 0.148. The molecule has 1 aliphatic rings. The third kappa shape index (κ3) is 3.55. The van der Waals surface area contributed by atoms with Crippen molar-refractivity contribution in [3.63, 3.8) is 0 Å². The summed E-state index contributed by atoms with van der Waals surface area (Å²) < 4.78 is 0. The first kappa shape index (κ1) is 14.0. The van der Waals surface area contributed by atoms with Crippen molar-refractivity contribution >= 4 is 5.97 Å². The molecule has 1 unspecified atom stereocenters. The van der Waals surface area contributed by atoms with Crippen LogP contribution in [0.25, 0.3) is 0 Å². The lowest BCUT2D eigenvalue weighted by Crippen LogP contribution is -2.37. The Kier molecular flexibility index (Phi) is 4.93. The van der Waals surface area contributed by atoms with Crippen molar-refractivity contribution in [1.82, 2.24) is 4.90 Å². The van der Waals surface area contributed by atoms with Crippen molar-refractivity contribution in [3.05, 3.63) is 35.4 Å². The van der Waals surface area contributed by atoms with Gasteiger partial charge in [-0.25, -0.2) is 4.79 Å². The number of nitrogens with zero attached hydrogens (tertiary/aromatic N) is 1. The van der Waals surface area contributed by atoms with Crippen LogP contribution < -0.4 is 0 Å². The summed E-state index contributed by atoms with van der Waals surface area (Å²) in [5, 5.41) is 18.7. The molecule has 1 aliphatic heterocycles. The first-order valence-electron chi connectivity index (χ1n) is 6.88. The molecule has 1 saturated heterocycles. The minimum atomic E-state index is -0.883. The molecule has 0 aliphatic carbocycles. The van der Waals surface area contributed by atoms with Gasteiger partial charge in [-0.1, -0.05) is 31.0 Å². The molecule has 0 bridgehead atoms. The van der Waals surface area contributed by atoms with Crippen molar-refractivity contribution in [2.24, 2.45) is 0 Å². The lowest BCUT2D eigenvalue weighted by atomic mass is 10.1. The van der Waals surface area contributed by atoms with Crippen LogP contribution in [0.4, 0.5) is 0 Å². The van der Waals surface area contributed by atoms with E-state index in [4.69, 9.17) is 0 Å². The van der Waals surface area contributed by atoms with Gasteiger partial charge in [-0.15, -0.1) is 0 Å². The first-order valence-corrected chi connectivity index (χ1v) is 6.88. The molecule has 2 N–H and O–H groups in total. The summed E-state index contributed by atoms with van der Waals surface area (Å²) in [7, 11) is 0. The lowest BCUT2D eigenvalue weighted by molar-refractivity contribution is 0.0692. The largest absolute Gasteiger partial charge is 0.478 e. The van der Waals surface area contributed by atoms with Crippen LogP contribution in [0.1, 0.15) is 41.6 Å². The van der Waals surface area contributed by atoms with Gasteiger partial charge in [0.25, 0.3) is 0 Å². The van der Waals surface area contributed by atoms with Crippen molar-refractivity contribution in [2.45, 2.75) is 38.3 Å². The number of hydrogen-bond acceptors (Lipinski definition) is 3. The molecule has 1 aromatic carbocycles. The summed E-state index contributed by atoms with van der Waals surface area (Å²) in [4.78, 5) is 13.4. The molecule has 0 spiro atoms. The molecule has 1 fully saturated rings. The van der Waals surface area contributed by atoms with Gasteiger partial charge < -0.3 is 10.2 Å². The number of benzene rings is 1. The van der Waals surface area contributed by atoms with Crippen LogP contribution in [-0.2, 0) is 6.54 Å². The zero-order valence-corrected chi connectivity index (χ0v) is 11.1. The summed E-state index contributed by atoms with van der Waals surface area (Å²) in [6.07, 6.45) is 4.44. The number of rotatable bonds is 4. The summed E-state index contributed by atoms with van der Waals surface area (Å²) in [6.45, 7) is 1.68. The average molecular weight is 263 g/mol. The van der Waals surface area contributed by atoms with E-state index in [-0.39, 0.29) is 12.6 Å². The summed E-state index contributed by atoms with van der Waals surface area (Å²) in [5.41, 5.74) is 1.19. The number of carboxylic acids is 1. The SMILES string of the molecule is O=C(O)c1ccccc1CN1CCCCCC1CO. The van der Waals surface area contributed by atoms with Crippen molar-refractivity contribution < 1.29 is 15.0 Å². The van der Waals surface area contributed by atoms with Crippen LogP contribution >= 0.6 is 0 Å². The van der Waals surface area contributed by atoms with Crippen molar-refractivity contribution in [2.75, 3.05) is 13.2 Å². The molecule has 2 rings (SSSR count). The maximum absolute atomic E-state index is 11.2. The number of aliphatic hydroxyl groups is 1. The normalized spacial score (nSPS) is 21.0. The smallest absolute Gasteiger partial charge is 0.336 e. The second kappa shape index (κ2) is 6.68. The van der Waals surface area contributed by atoms with E-state index < -0.39 is 5.97 Å². The van der Waals surface area contributed by atoms with Gasteiger partial charge in [0.2, 0.25) is 0 Å². The average Bonchev–Trinajstić information content (AvgIpc) is 2.64. The highest BCUT2D eigenvalue weighted by Gasteiger charge is 2.21. The molecule has 1 atom stereocenters. The van der Waals surface area contributed by atoms with Gasteiger partial charge in [0, 0.05) is 12.6 Å². The monoisotopic (exact) mass is 263 g/mol. The fourth-order valence-corrected chi connectivity index (χ4v) is 2.74. The Hall–Kier alpha value is -1.39. The van der Waals surface area contributed by atoms with E-state index >= 15 is 0 Å². The summed E-state index contributed by atoms with van der Waals surface area (Å²) in [5.74, 6) is -0.883. The van der Waals surface area contributed by atoms with E-state index in [1.807, 2.05) is 12.1 Å². The molecule has 4 nitrogen and oxygen atoms in total. The summed E-state index contributed by atoms with van der Waals surface area (Å²) in [6, 6.07) is 7.28. The molecule has 0 aromatic heterocycles. The second-order valence-electron chi connectivity index (χ2n) is 5.12. The molecule has 0 amide bonds. The Bertz CT molecular complexity index is 433. The van der Waals surface area contributed by atoms with E-state index in [9.17, 15) is 15.0 Å². The highest BCUT2D eigenvalue weighted by molar-refractivity contribution is 5.89. The Morgan fingerprint density at radius 3 is 2.79 bits per heavy atom. The minimum Gasteiger partial charge on any atom is -0.478 e. The quantitative estimate of drug-likeness (QED) is 0.873. The van der Waals surface area contributed by atoms with Crippen molar-refractivity contribution in [1.29, 1.82) is 0 Å². The van der Waals surface area contributed by atoms with Crippen LogP contribution in [0.5, 0.6) is 0 Å². The number of likely N-dealkylation sites (tertiary alicyclic amines) is 1. The van der Waals surface area contributed by atoms with Crippen molar-refractivity contribution in [3.8, 4) is 0 Å². The van der Waals surface area contributed by atoms with E-state index in [1.165, 1.54) is 6.42 Å². The van der Waals surface area contributed by atoms with E-state index in [1.54, 1.807) is 12.1 Å². The molecular weight excluding hydrogens is 242 g/mol. The predicted molar refractivity (Wildman–Crippen MR) is 73.2 cm³/mol. The topological polar surface area (TPSA) is 60.8 Å². The maximum Gasteiger partial charge on any atom is 0.336 e. The molecule has 1 heterocycles. The third-order valence-electron chi connectivity index (χ3n) is 3.83. The predicted octanol–water partition coefficient (Wildman–Crippen LogP) is 2.12. The van der Waals surface area contributed by atoms with Crippen LogP contribution in [0, 0.1) is 0 Å². The zero-order valence-electron chi connectivity index (χ0n) is 11.1. The number of aromatic carboxylic acids is 1. The Morgan fingerprint density at radius 2 is 2.05 bits per heavy atom. The number of carboxylic acid groups (broad SMARTS) is 1. The number of aliphatic hydroxyl groups excluding tert-OH is 1. The molecule has 4 heteroatoms. The highest BCUT2D eigenvalue weighted by Crippen LogP contribution is 2.20. The molecule has 104 valence electrons. The first-order chi connectivity index (χ1) is 9.22. The fraction of sp³-hybridized carbons (Fsp3) is 0.533. The number of carbonyl (C=O) groups is 1. The summed E-state index contributed by atoms with van der Waals surface area (Å²) >= 11 is 0. The van der Waals surface area contributed by atoms with Crippen LogP contribution in [0.2, 0.25) is 0 Å². The van der Waals surface area contributed by atoms with Gasteiger partial charge in [-0.05, 0) is 31.0 Å². The molecule has 0 saturated carbocycles. The van der Waals surface area contributed by atoms with E-state index in [2.05, 4.69) is 4.90 Å². The van der Waals surface area contributed by atoms with Crippen LogP contribution in [0.3, 0.4) is 0 Å². The molecular formula is C15H21NO3. The lowest BCUT2D eigenvalue weighted by Gasteiger charge is -2.28. The van der Waals surface area contributed by atoms with Gasteiger partial charge in [-0.2, -0.15) is 0 Å². The maximum atomic E-state index is 11.2. The standard InChI is InChI=1S/C15H21NO3/c17-11-13-7-2-1-5-9-16(13)10-12-6-3-4-8-14(12)15(18)19/h3-4,6,8,13,17H,1-2,5,7,9-11H2,(H,18,19). The zero-order chi connectivity index (χ0) is 13.7. The van der Waals surface area contributed by atoms with Gasteiger partial charge in [-0.3, -0.25) is 4.90 Å². The molecule has 0 radical (unpaired) electrons. The van der Waals surface area contributed by atoms with Gasteiger partial charge in [0.05, 0.1) is 12.2 Å². The third-order valence-corrected chi connectivity index (χ3v) is 3.83. The fourth-order valence-electron chi connectivity index (χ4n) is 2.74. The molecule has 1 aromatic rings. The second-order valence-corrected chi connectivity index (χ2v) is 5.12. The Balaban J connectivity index is 2.16. The van der Waals surface area contributed by atoms with Gasteiger partial charge in [0.15, 0.2) is 0 Å². The highest BCUT2D eigenvalue weighted by atomic mass is 16.4. The van der Waals surface area contributed by atoms with Gasteiger partial charge >= 0.3 is 5.97 Å². The van der Waals surface area contributed by atoms with E-state index in [0.717, 1.165) is 31.4 Å². The number of hydrogen-bond donors (Lipinski definition) is 2. The van der Waals surface area contributed by atoms with Gasteiger partial charge in [0.1, 0.15) is 0 Å².